The lowest BCUT2D eigenvalue weighted by Crippen LogP contribution is -2.43. The third-order valence-electron chi connectivity index (χ3n) is 2.75. The Balaban J connectivity index is 2.21. The molecule has 1 aliphatic heterocycles. The van der Waals surface area contributed by atoms with Gasteiger partial charge in [-0.2, -0.15) is 0 Å². The van der Waals surface area contributed by atoms with E-state index < -0.39 is 0 Å². The molecule has 17 heavy (non-hydrogen) atoms. The molecule has 0 radical (unpaired) electrons. The zero-order chi connectivity index (χ0) is 12.7. The molecule has 0 saturated carbocycles. The Hall–Kier alpha value is -0.160. The van der Waals surface area contributed by atoms with E-state index in [-0.39, 0.29) is 17.7 Å². The summed E-state index contributed by atoms with van der Waals surface area (Å²) in [6, 6.07) is 0. The molecule has 1 heterocycles. The van der Waals surface area contributed by atoms with Crippen LogP contribution >= 0.6 is 0 Å². The Morgan fingerprint density at radius 3 is 2.71 bits per heavy atom. The van der Waals surface area contributed by atoms with Crippen LogP contribution in [0.4, 0.5) is 0 Å². The van der Waals surface area contributed by atoms with E-state index in [0.717, 1.165) is 26.0 Å². The fourth-order valence-electron chi connectivity index (χ4n) is 1.79. The fourth-order valence-corrected chi connectivity index (χ4v) is 1.79. The van der Waals surface area contributed by atoms with Crippen molar-refractivity contribution in [2.75, 3.05) is 33.5 Å². The van der Waals surface area contributed by atoms with Crippen LogP contribution in [0.25, 0.3) is 0 Å². The van der Waals surface area contributed by atoms with Gasteiger partial charge in [-0.25, -0.2) is 0 Å². The van der Waals surface area contributed by atoms with E-state index in [1.807, 2.05) is 0 Å². The molecule has 0 spiro atoms. The summed E-state index contributed by atoms with van der Waals surface area (Å²) < 4.78 is 16.6. The van der Waals surface area contributed by atoms with Crippen LogP contribution in [0.3, 0.4) is 0 Å². The lowest BCUT2D eigenvalue weighted by atomic mass is 10.1. The quantitative estimate of drug-likeness (QED) is 0.739. The van der Waals surface area contributed by atoms with Crippen LogP contribution in [0, 0.1) is 0 Å². The second-order valence-corrected chi connectivity index (χ2v) is 5.68. The zero-order valence-electron chi connectivity index (χ0n) is 11.6. The second-order valence-electron chi connectivity index (χ2n) is 5.68. The van der Waals surface area contributed by atoms with E-state index in [9.17, 15) is 0 Å². The van der Waals surface area contributed by atoms with E-state index in [2.05, 4.69) is 26.1 Å². The van der Waals surface area contributed by atoms with Crippen molar-refractivity contribution in [3.63, 3.8) is 0 Å². The van der Waals surface area contributed by atoms with Crippen LogP contribution in [-0.2, 0) is 14.2 Å². The Morgan fingerprint density at radius 2 is 2.18 bits per heavy atom. The summed E-state index contributed by atoms with van der Waals surface area (Å²) in [6.45, 7) is 9.44. The van der Waals surface area contributed by atoms with Gasteiger partial charge in [0.1, 0.15) is 0 Å². The largest absolute Gasteiger partial charge is 0.382 e. The Kier molecular flexibility index (Phi) is 6.41. The minimum Gasteiger partial charge on any atom is -0.382 e. The molecule has 102 valence electrons. The molecular weight excluding hydrogens is 218 g/mol. The van der Waals surface area contributed by atoms with Gasteiger partial charge in [-0.1, -0.05) is 0 Å². The maximum absolute atomic E-state index is 5.85. The average molecular weight is 245 g/mol. The molecular formula is C13H27NO3. The summed E-state index contributed by atoms with van der Waals surface area (Å²) in [4.78, 5) is 0. The second kappa shape index (κ2) is 7.31. The summed E-state index contributed by atoms with van der Waals surface area (Å²) in [5, 5.41) is 3.44. The van der Waals surface area contributed by atoms with Crippen molar-refractivity contribution in [1.29, 1.82) is 0 Å². The van der Waals surface area contributed by atoms with Crippen LogP contribution in [0.2, 0.25) is 0 Å². The van der Waals surface area contributed by atoms with Gasteiger partial charge in [-0.05, 0) is 33.6 Å². The minimum absolute atomic E-state index is 0.100. The fraction of sp³-hybridized carbons (Fsp3) is 1.00. The highest BCUT2D eigenvalue weighted by molar-refractivity contribution is 4.74. The van der Waals surface area contributed by atoms with E-state index in [4.69, 9.17) is 14.2 Å². The van der Waals surface area contributed by atoms with Crippen molar-refractivity contribution in [3.8, 4) is 0 Å². The van der Waals surface area contributed by atoms with Gasteiger partial charge >= 0.3 is 0 Å². The maximum Gasteiger partial charge on any atom is 0.0933 e. The standard InChI is InChI=1S/C13H27NO3/c1-13(2,3)14-8-12(9-15-4)17-10-11-6-5-7-16-11/h11-12,14H,5-10H2,1-4H3. The predicted octanol–water partition coefficient (Wildman–Crippen LogP) is 1.59. The summed E-state index contributed by atoms with van der Waals surface area (Å²) in [5.41, 5.74) is 0.110. The Labute approximate surface area is 105 Å². The van der Waals surface area contributed by atoms with Crippen LogP contribution in [0.15, 0.2) is 0 Å². The molecule has 1 aliphatic rings. The predicted molar refractivity (Wildman–Crippen MR) is 68.3 cm³/mol. The number of rotatable bonds is 7. The number of ether oxygens (including phenoxy) is 3. The van der Waals surface area contributed by atoms with Gasteiger partial charge in [0, 0.05) is 25.8 Å². The normalized spacial score (nSPS) is 22.9. The first kappa shape index (κ1) is 14.9. The van der Waals surface area contributed by atoms with Gasteiger partial charge in [0.25, 0.3) is 0 Å². The molecule has 4 heteroatoms. The highest BCUT2D eigenvalue weighted by atomic mass is 16.6. The van der Waals surface area contributed by atoms with Gasteiger partial charge in [0.15, 0.2) is 0 Å². The molecule has 1 fully saturated rings. The Morgan fingerprint density at radius 1 is 1.41 bits per heavy atom. The van der Waals surface area contributed by atoms with Gasteiger partial charge in [0.05, 0.1) is 25.4 Å². The first-order valence-electron chi connectivity index (χ1n) is 6.48. The smallest absolute Gasteiger partial charge is 0.0933 e. The van der Waals surface area contributed by atoms with Crippen LogP contribution in [-0.4, -0.2) is 51.2 Å². The summed E-state index contributed by atoms with van der Waals surface area (Å²) in [6.07, 6.45) is 2.66. The topological polar surface area (TPSA) is 39.7 Å². The first-order chi connectivity index (χ1) is 8.01. The highest BCUT2D eigenvalue weighted by Crippen LogP contribution is 2.13. The third-order valence-corrected chi connectivity index (χ3v) is 2.75. The van der Waals surface area contributed by atoms with Crippen molar-refractivity contribution >= 4 is 0 Å². The Bertz CT molecular complexity index is 197. The van der Waals surface area contributed by atoms with Crippen molar-refractivity contribution < 1.29 is 14.2 Å². The highest BCUT2D eigenvalue weighted by Gasteiger charge is 2.19. The molecule has 2 atom stereocenters. The van der Waals surface area contributed by atoms with Crippen LogP contribution in [0.5, 0.6) is 0 Å². The molecule has 1 N–H and O–H groups in total. The van der Waals surface area contributed by atoms with Gasteiger partial charge in [-0.15, -0.1) is 0 Å². The lowest BCUT2D eigenvalue weighted by molar-refractivity contribution is -0.0471. The molecule has 1 saturated heterocycles. The number of hydrogen-bond acceptors (Lipinski definition) is 4. The molecule has 0 aliphatic carbocycles. The molecule has 0 aromatic carbocycles. The van der Waals surface area contributed by atoms with Crippen molar-refractivity contribution in [2.24, 2.45) is 0 Å². The summed E-state index contributed by atoms with van der Waals surface area (Å²) >= 11 is 0. The van der Waals surface area contributed by atoms with E-state index in [1.165, 1.54) is 0 Å². The SMILES string of the molecule is COCC(CNC(C)(C)C)OCC1CCCO1. The lowest BCUT2D eigenvalue weighted by Gasteiger charge is -2.25. The minimum atomic E-state index is 0.100. The molecule has 0 aromatic heterocycles. The van der Waals surface area contributed by atoms with Crippen molar-refractivity contribution in [1.82, 2.24) is 5.32 Å². The molecule has 1 rings (SSSR count). The van der Waals surface area contributed by atoms with Gasteiger partial charge in [-0.3, -0.25) is 0 Å². The van der Waals surface area contributed by atoms with E-state index in [0.29, 0.717) is 13.2 Å². The van der Waals surface area contributed by atoms with E-state index in [1.54, 1.807) is 7.11 Å². The van der Waals surface area contributed by atoms with Crippen molar-refractivity contribution in [2.45, 2.75) is 51.4 Å². The number of nitrogens with one attached hydrogen (secondary N) is 1. The zero-order valence-corrected chi connectivity index (χ0v) is 11.6. The summed E-state index contributed by atoms with van der Waals surface area (Å²) in [7, 11) is 1.71. The van der Waals surface area contributed by atoms with Crippen molar-refractivity contribution in [3.05, 3.63) is 0 Å². The molecule has 2 unspecified atom stereocenters. The van der Waals surface area contributed by atoms with Crippen LogP contribution < -0.4 is 5.32 Å². The molecule has 0 aromatic rings. The van der Waals surface area contributed by atoms with Gasteiger partial charge < -0.3 is 19.5 Å². The summed E-state index contributed by atoms with van der Waals surface area (Å²) in [5.74, 6) is 0. The number of hydrogen-bond donors (Lipinski definition) is 1. The van der Waals surface area contributed by atoms with Crippen LogP contribution in [0.1, 0.15) is 33.6 Å². The monoisotopic (exact) mass is 245 g/mol. The number of methoxy groups -OCH3 is 1. The molecule has 0 bridgehead atoms. The molecule has 0 amide bonds. The van der Waals surface area contributed by atoms with E-state index >= 15 is 0 Å². The average Bonchev–Trinajstić information content (AvgIpc) is 2.74. The van der Waals surface area contributed by atoms with Gasteiger partial charge in [0.2, 0.25) is 0 Å². The maximum atomic E-state index is 5.85. The third kappa shape index (κ3) is 6.99. The first-order valence-corrected chi connectivity index (χ1v) is 6.48. The molecule has 4 nitrogen and oxygen atoms in total.